The quantitative estimate of drug-likeness (QED) is 0.0640. The predicted molar refractivity (Wildman–Crippen MR) is 186 cm³/mol. The third kappa shape index (κ3) is 12.0. The first kappa shape index (κ1) is 49.3. The van der Waals surface area contributed by atoms with Gasteiger partial charge in [0, 0.05) is 20.8 Å². The standard InChI is InChI=1S/C31H54N4O23S/c1-9(39)33-16-22(44)27(15(52-28(16)47)8-51-59(48,49)50)58-31-19(35-11(3)41)24(46)26(14(7-38)55-31)57-30-18(34-10(2)40)23(45)25(13(6-37)54-30)56-29-17(32-4)21(43)20(42)12(5-36)53-29/h12-32,36-38,42-47H,5-8H2,1-4H3,(H,33,39)(H,34,40)(H,35,41)(H,48,49,50)/t12-,13-,14-,15-,16-,17-,18-,19-,20-,21-,22?,23?,24-,25-,26-,27-,28-,29+,30+,31+/m1/s1. The van der Waals surface area contributed by atoms with Crippen molar-refractivity contribution >= 4 is 28.1 Å². The number of amides is 3. The van der Waals surface area contributed by atoms with E-state index < -0.39 is 177 Å². The molecule has 28 heteroatoms. The fourth-order valence-electron chi connectivity index (χ4n) is 7.23. The largest absolute Gasteiger partial charge is 0.397 e. The van der Waals surface area contributed by atoms with E-state index >= 15 is 0 Å². The predicted octanol–water partition coefficient (Wildman–Crippen LogP) is -9.26. The molecule has 0 spiro atoms. The minimum atomic E-state index is -5.12. The lowest BCUT2D eigenvalue weighted by Crippen LogP contribution is -2.71. The third-order valence-corrected chi connectivity index (χ3v) is 10.4. The van der Waals surface area contributed by atoms with Gasteiger partial charge in [-0.2, -0.15) is 8.42 Å². The molecule has 4 heterocycles. The minimum Gasteiger partial charge on any atom is -0.394 e. The zero-order valence-corrected chi connectivity index (χ0v) is 32.9. The zero-order chi connectivity index (χ0) is 44.1. The molecule has 2 unspecified atom stereocenters. The first-order chi connectivity index (χ1) is 27.6. The first-order valence-corrected chi connectivity index (χ1v) is 19.6. The maximum Gasteiger partial charge on any atom is 0.397 e. The molecule has 27 nitrogen and oxygen atoms in total. The van der Waals surface area contributed by atoms with Crippen LogP contribution in [0.15, 0.2) is 0 Å². The molecule has 59 heavy (non-hydrogen) atoms. The summed E-state index contributed by atoms with van der Waals surface area (Å²) in [5.41, 5.74) is 0. The first-order valence-electron chi connectivity index (χ1n) is 18.3. The van der Waals surface area contributed by atoms with Crippen molar-refractivity contribution < 1.29 is 111 Å². The molecule has 3 amide bonds. The second-order valence-electron chi connectivity index (χ2n) is 14.2. The molecule has 0 bridgehead atoms. The number of hydrogen-bond acceptors (Lipinski definition) is 23. The molecular weight excluding hydrogens is 828 g/mol. The normalized spacial score (nSPS) is 43.1. The highest BCUT2D eigenvalue weighted by Crippen LogP contribution is 2.34. The van der Waals surface area contributed by atoms with Crippen LogP contribution < -0.4 is 21.3 Å². The zero-order valence-electron chi connectivity index (χ0n) is 32.1. The van der Waals surface area contributed by atoms with Gasteiger partial charge in [-0.1, -0.05) is 0 Å². The van der Waals surface area contributed by atoms with Gasteiger partial charge in [-0.25, -0.2) is 4.18 Å². The highest BCUT2D eigenvalue weighted by Gasteiger charge is 2.56. The van der Waals surface area contributed by atoms with Crippen molar-refractivity contribution in [2.24, 2.45) is 0 Å². The van der Waals surface area contributed by atoms with E-state index in [4.69, 9.17) is 37.7 Å². The van der Waals surface area contributed by atoms with Crippen LogP contribution in [0.2, 0.25) is 0 Å². The summed E-state index contributed by atoms with van der Waals surface area (Å²) >= 11 is 0. The van der Waals surface area contributed by atoms with Gasteiger partial charge in [0.15, 0.2) is 25.2 Å². The van der Waals surface area contributed by atoms with Gasteiger partial charge in [0.05, 0.1) is 32.5 Å². The van der Waals surface area contributed by atoms with Gasteiger partial charge in [0.2, 0.25) is 17.7 Å². The minimum absolute atomic E-state index is 0.742. The van der Waals surface area contributed by atoms with E-state index in [9.17, 15) is 68.8 Å². The van der Waals surface area contributed by atoms with Crippen molar-refractivity contribution in [3.8, 4) is 0 Å². The molecule has 4 saturated heterocycles. The maximum atomic E-state index is 12.4. The van der Waals surface area contributed by atoms with Crippen LogP contribution in [0.5, 0.6) is 0 Å². The fraction of sp³-hybridized carbons (Fsp3) is 0.903. The van der Waals surface area contributed by atoms with E-state index in [1.807, 2.05) is 0 Å². The van der Waals surface area contributed by atoms with Gasteiger partial charge in [-0.15, -0.1) is 0 Å². The number of likely N-dealkylation sites (N-methyl/N-ethyl adjacent to an activating group) is 1. The fourth-order valence-corrected chi connectivity index (χ4v) is 7.54. The Kier molecular flexibility index (Phi) is 17.6. The van der Waals surface area contributed by atoms with Crippen LogP contribution in [-0.4, -0.2) is 233 Å². The Bertz CT molecular complexity index is 1520. The van der Waals surface area contributed by atoms with Gasteiger partial charge >= 0.3 is 10.4 Å². The second-order valence-corrected chi connectivity index (χ2v) is 15.3. The molecule has 0 aromatic carbocycles. The van der Waals surface area contributed by atoms with Crippen LogP contribution in [0.3, 0.4) is 0 Å². The van der Waals surface area contributed by atoms with Gasteiger partial charge < -0.3 is 100 Å². The number of carbonyl (C=O) groups excluding carboxylic acids is 3. The lowest BCUT2D eigenvalue weighted by atomic mass is 9.93. The smallest absolute Gasteiger partial charge is 0.394 e. The summed E-state index contributed by atoms with van der Waals surface area (Å²) in [4.78, 5) is 36.7. The van der Waals surface area contributed by atoms with Crippen LogP contribution in [-0.2, 0) is 62.1 Å². The Hall–Kier alpha value is -2.40. The van der Waals surface area contributed by atoms with Crippen LogP contribution in [0, 0.1) is 0 Å². The molecule has 0 aromatic rings. The lowest BCUT2D eigenvalue weighted by molar-refractivity contribution is -0.361. The van der Waals surface area contributed by atoms with Crippen LogP contribution in [0.25, 0.3) is 0 Å². The van der Waals surface area contributed by atoms with Gasteiger partial charge in [-0.05, 0) is 7.05 Å². The van der Waals surface area contributed by atoms with Crippen LogP contribution >= 0.6 is 0 Å². The summed E-state index contributed by atoms with van der Waals surface area (Å²) in [5.74, 6) is -2.31. The Morgan fingerprint density at radius 3 is 1.31 bits per heavy atom. The summed E-state index contributed by atoms with van der Waals surface area (Å²) < 4.78 is 76.8. The highest BCUT2D eigenvalue weighted by atomic mass is 32.3. The van der Waals surface area contributed by atoms with Gasteiger partial charge in [0.25, 0.3) is 0 Å². The molecule has 4 rings (SSSR count). The summed E-state index contributed by atoms with van der Waals surface area (Å²) in [7, 11) is -3.73. The number of ether oxygens (including phenoxy) is 7. The molecule has 0 radical (unpaired) electrons. The number of hydrogen-bond donors (Lipinski definition) is 14. The molecule has 0 aromatic heterocycles. The molecule has 4 aliphatic heterocycles. The van der Waals surface area contributed by atoms with Crippen molar-refractivity contribution in [3.63, 3.8) is 0 Å². The monoisotopic (exact) mass is 882 g/mol. The van der Waals surface area contributed by atoms with Crippen LogP contribution in [0.4, 0.5) is 0 Å². The van der Waals surface area contributed by atoms with Crippen molar-refractivity contribution in [1.29, 1.82) is 0 Å². The van der Waals surface area contributed by atoms with Gasteiger partial charge in [0.1, 0.15) is 91.4 Å². The van der Waals surface area contributed by atoms with Crippen molar-refractivity contribution in [3.05, 3.63) is 0 Å². The Morgan fingerprint density at radius 2 is 0.915 bits per heavy atom. The maximum absolute atomic E-state index is 12.4. The Morgan fingerprint density at radius 1 is 0.542 bits per heavy atom. The molecule has 4 fully saturated rings. The van der Waals surface area contributed by atoms with E-state index in [1.165, 1.54) is 7.05 Å². The molecule has 0 aliphatic carbocycles. The van der Waals surface area contributed by atoms with Crippen molar-refractivity contribution in [1.82, 2.24) is 21.3 Å². The lowest BCUT2D eigenvalue weighted by Gasteiger charge is -2.51. The van der Waals surface area contributed by atoms with E-state index in [1.54, 1.807) is 0 Å². The van der Waals surface area contributed by atoms with E-state index in [0.29, 0.717) is 0 Å². The average Bonchev–Trinajstić information content (AvgIpc) is 3.15. The summed E-state index contributed by atoms with van der Waals surface area (Å²) in [6, 6.07) is -6.08. The number of carbonyl (C=O) groups is 3. The summed E-state index contributed by atoms with van der Waals surface area (Å²) in [5, 5.41) is 106. The molecule has 4 aliphatic rings. The van der Waals surface area contributed by atoms with Crippen molar-refractivity contribution in [2.75, 3.05) is 33.5 Å². The number of aliphatic hydroxyl groups is 9. The average molecular weight is 883 g/mol. The van der Waals surface area contributed by atoms with Crippen LogP contribution in [0.1, 0.15) is 20.8 Å². The third-order valence-electron chi connectivity index (χ3n) is 9.98. The Balaban J connectivity index is 1.62. The summed E-state index contributed by atoms with van der Waals surface area (Å²) in [6.45, 7) is -0.569. The molecule has 0 saturated carbocycles. The van der Waals surface area contributed by atoms with Crippen molar-refractivity contribution in [2.45, 2.75) is 143 Å². The highest BCUT2D eigenvalue weighted by molar-refractivity contribution is 7.80. The SMILES string of the molecule is CN[C@H]1[C@H](O[C@H]2C(O)[C@@H](NC(C)=O)[C@H](O[C@H]3[C@H](O)[C@@H](NC(C)=O)[C@H](O[C@H]4C(O)[C@@H](NC(C)=O)[C@H](O)O[C@@H]4COS(=O)(=O)O)O[C@@H]3CO)O[C@@H]2CO)O[C@H](CO)[C@@H](O)[C@@H]1O. The molecule has 14 N–H and O–H groups in total. The van der Waals surface area contributed by atoms with E-state index in [-0.39, 0.29) is 0 Å². The Labute approximate surface area is 336 Å². The number of nitrogens with one attached hydrogen (secondary N) is 4. The number of rotatable bonds is 16. The second kappa shape index (κ2) is 21.1. The molecule has 20 atom stereocenters. The van der Waals surface area contributed by atoms with Gasteiger partial charge in [-0.3, -0.25) is 18.9 Å². The van der Waals surface area contributed by atoms with E-state index in [0.717, 1.165) is 20.8 Å². The molecule has 342 valence electrons. The number of aliphatic hydroxyl groups excluding tert-OH is 9. The van der Waals surface area contributed by atoms with E-state index in [2.05, 4.69) is 25.5 Å². The molecular formula is C31H54N4O23S. The summed E-state index contributed by atoms with van der Waals surface area (Å²) in [6.07, 6.45) is -27.5. The topological polar surface area (TPSA) is 410 Å².